The molecule has 0 fully saturated rings. The first-order valence-electron chi connectivity index (χ1n) is 6.55. The molecule has 2 aromatic rings. The van der Waals surface area contributed by atoms with Gasteiger partial charge in [0.15, 0.2) is 0 Å². The standard InChI is InChI=1S/C15H20N2O3/c1-9(15-10(2)17-20-11(15)3)16-8-12-5-6-13(19-4)7-14(12)18/h5-7,9,16,18H,8H2,1-4H3. The Bertz CT molecular complexity index is 573. The third kappa shape index (κ3) is 2.93. The van der Waals surface area contributed by atoms with Crippen molar-refractivity contribution in [3.63, 3.8) is 0 Å². The molecule has 1 unspecified atom stereocenters. The van der Waals surface area contributed by atoms with Crippen LogP contribution < -0.4 is 10.1 Å². The number of hydrogen-bond donors (Lipinski definition) is 2. The van der Waals surface area contributed by atoms with Gasteiger partial charge in [-0.15, -0.1) is 0 Å². The lowest BCUT2D eigenvalue weighted by Gasteiger charge is -2.14. The quantitative estimate of drug-likeness (QED) is 0.879. The largest absolute Gasteiger partial charge is 0.507 e. The summed E-state index contributed by atoms with van der Waals surface area (Å²) in [6.07, 6.45) is 0. The fourth-order valence-electron chi connectivity index (χ4n) is 2.29. The SMILES string of the molecule is COc1ccc(CNC(C)c2c(C)noc2C)c(O)c1. The highest BCUT2D eigenvalue weighted by Crippen LogP contribution is 2.25. The Balaban J connectivity index is 2.05. The van der Waals surface area contributed by atoms with Gasteiger partial charge in [0.05, 0.1) is 12.8 Å². The van der Waals surface area contributed by atoms with E-state index in [4.69, 9.17) is 9.26 Å². The van der Waals surface area contributed by atoms with Gasteiger partial charge in [0.2, 0.25) is 0 Å². The fraction of sp³-hybridized carbons (Fsp3) is 0.400. The van der Waals surface area contributed by atoms with Crippen molar-refractivity contribution < 1.29 is 14.4 Å². The lowest BCUT2D eigenvalue weighted by atomic mass is 10.1. The summed E-state index contributed by atoms with van der Waals surface area (Å²) in [5, 5.41) is 17.2. The molecule has 0 spiro atoms. The third-order valence-corrected chi connectivity index (χ3v) is 3.41. The van der Waals surface area contributed by atoms with Gasteiger partial charge in [-0.2, -0.15) is 0 Å². The number of ether oxygens (including phenoxy) is 1. The van der Waals surface area contributed by atoms with Crippen LogP contribution in [-0.2, 0) is 6.54 Å². The normalized spacial score (nSPS) is 12.4. The van der Waals surface area contributed by atoms with Crippen LogP contribution in [0.4, 0.5) is 0 Å². The van der Waals surface area contributed by atoms with E-state index >= 15 is 0 Å². The minimum Gasteiger partial charge on any atom is -0.507 e. The van der Waals surface area contributed by atoms with Crippen LogP contribution in [0.5, 0.6) is 11.5 Å². The van der Waals surface area contributed by atoms with E-state index in [2.05, 4.69) is 10.5 Å². The van der Waals surface area contributed by atoms with E-state index in [1.54, 1.807) is 13.2 Å². The zero-order valence-corrected chi connectivity index (χ0v) is 12.2. The molecule has 0 radical (unpaired) electrons. The minimum absolute atomic E-state index is 0.0998. The summed E-state index contributed by atoms with van der Waals surface area (Å²) >= 11 is 0. The summed E-state index contributed by atoms with van der Waals surface area (Å²) in [6.45, 7) is 6.43. The van der Waals surface area contributed by atoms with Gasteiger partial charge in [-0.25, -0.2) is 0 Å². The van der Waals surface area contributed by atoms with E-state index in [1.807, 2.05) is 32.9 Å². The maximum Gasteiger partial charge on any atom is 0.138 e. The van der Waals surface area contributed by atoms with E-state index < -0.39 is 0 Å². The van der Waals surface area contributed by atoms with Crippen molar-refractivity contribution in [1.29, 1.82) is 0 Å². The maximum atomic E-state index is 9.92. The Kier molecular flexibility index (Phi) is 4.29. The van der Waals surface area contributed by atoms with Crippen molar-refractivity contribution in [2.75, 3.05) is 7.11 Å². The third-order valence-electron chi connectivity index (χ3n) is 3.41. The smallest absolute Gasteiger partial charge is 0.138 e. The number of aromatic hydroxyl groups is 1. The summed E-state index contributed by atoms with van der Waals surface area (Å²) in [4.78, 5) is 0. The molecule has 1 aromatic carbocycles. The number of nitrogens with one attached hydrogen (secondary N) is 1. The van der Waals surface area contributed by atoms with Gasteiger partial charge in [0.1, 0.15) is 17.3 Å². The molecule has 108 valence electrons. The highest BCUT2D eigenvalue weighted by atomic mass is 16.5. The first-order valence-corrected chi connectivity index (χ1v) is 6.55. The first-order chi connectivity index (χ1) is 9.52. The molecule has 1 heterocycles. The topological polar surface area (TPSA) is 67.5 Å². The molecule has 0 aliphatic heterocycles. The van der Waals surface area contributed by atoms with Crippen LogP contribution in [-0.4, -0.2) is 17.4 Å². The number of phenolic OH excluding ortho intramolecular Hbond substituents is 1. The molecule has 5 nitrogen and oxygen atoms in total. The van der Waals surface area contributed by atoms with Crippen molar-refractivity contribution in [1.82, 2.24) is 10.5 Å². The van der Waals surface area contributed by atoms with E-state index in [0.29, 0.717) is 12.3 Å². The zero-order valence-electron chi connectivity index (χ0n) is 12.2. The van der Waals surface area contributed by atoms with Crippen LogP contribution >= 0.6 is 0 Å². The van der Waals surface area contributed by atoms with E-state index in [1.165, 1.54) is 0 Å². The molecule has 0 saturated heterocycles. The molecule has 0 saturated carbocycles. The lowest BCUT2D eigenvalue weighted by molar-refractivity contribution is 0.390. The Hall–Kier alpha value is -2.01. The molecule has 5 heteroatoms. The summed E-state index contributed by atoms with van der Waals surface area (Å²) < 4.78 is 10.2. The van der Waals surface area contributed by atoms with Crippen molar-refractivity contribution in [2.45, 2.75) is 33.4 Å². The number of aromatic nitrogens is 1. The first kappa shape index (κ1) is 14.4. The Labute approximate surface area is 118 Å². The van der Waals surface area contributed by atoms with Crippen molar-refractivity contribution in [3.05, 3.63) is 40.8 Å². The second-order valence-electron chi connectivity index (χ2n) is 4.84. The average molecular weight is 276 g/mol. The number of nitrogens with zero attached hydrogens (tertiary/aromatic N) is 1. The number of benzene rings is 1. The molecule has 0 amide bonds. The molecule has 0 aliphatic rings. The van der Waals surface area contributed by atoms with Crippen LogP contribution in [0, 0.1) is 13.8 Å². The van der Waals surface area contributed by atoms with Crippen LogP contribution in [0.15, 0.2) is 22.7 Å². The van der Waals surface area contributed by atoms with Crippen LogP contribution in [0.3, 0.4) is 0 Å². The van der Waals surface area contributed by atoms with Crippen LogP contribution in [0.25, 0.3) is 0 Å². The monoisotopic (exact) mass is 276 g/mol. The predicted molar refractivity (Wildman–Crippen MR) is 75.9 cm³/mol. The van der Waals surface area contributed by atoms with Gasteiger partial charge >= 0.3 is 0 Å². The van der Waals surface area contributed by atoms with Crippen LogP contribution in [0.1, 0.15) is 35.5 Å². The van der Waals surface area contributed by atoms with Crippen molar-refractivity contribution in [3.8, 4) is 11.5 Å². The molecule has 20 heavy (non-hydrogen) atoms. The molecule has 0 aliphatic carbocycles. The van der Waals surface area contributed by atoms with Gasteiger partial charge in [-0.3, -0.25) is 0 Å². The Morgan fingerprint density at radius 3 is 2.70 bits per heavy atom. The molecular formula is C15H20N2O3. The molecule has 0 bridgehead atoms. The molecule has 1 atom stereocenters. The fourth-order valence-corrected chi connectivity index (χ4v) is 2.29. The predicted octanol–water partition coefficient (Wildman–Crippen LogP) is 2.86. The van der Waals surface area contributed by atoms with Gasteiger partial charge in [-0.05, 0) is 26.8 Å². The second kappa shape index (κ2) is 5.96. The van der Waals surface area contributed by atoms with Crippen LogP contribution in [0.2, 0.25) is 0 Å². The maximum absolute atomic E-state index is 9.92. The average Bonchev–Trinajstić information content (AvgIpc) is 2.76. The minimum atomic E-state index is 0.0998. The number of aryl methyl sites for hydroxylation is 2. The summed E-state index contributed by atoms with van der Waals surface area (Å²) in [6, 6.07) is 5.39. The Morgan fingerprint density at radius 1 is 1.40 bits per heavy atom. The van der Waals surface area contributed by atoms with Gasteiger partial charge in [0.25, 0.3) is 0 Å². The van der Waals surface area contributed by atoms with Gasteiger partial charge in [0, 0.05) is 29.8 Å². The van der Waals surface area contributed by atoms with Crippen molar-refractivity contribution >= 4 is 0 Å². The number of phenols is 1. The van der Waals surface area contributed by atoms with Gasteiger partial charge < -0.3 is 19.7 Å². The van der Waals surface area contributed by atoms with E-state index in [-0.39, 0.29) is 11.8 Å². The lowest BCUT2D eigenvalue weighted by Crippen LogP contribution is -2.19. The Morgan fingerprint density at radius 2 is 2.15 bits per heavy atom. The molecule has 2 rings (SSSR count). The van der Waals surface area contributed by atoms with E-state index in [0.717, 1.165) is 22.6 Å². The molecular weight excluding hydrogens is 256 g/mol. The number of rotatable bonds is 5. The molecule has 2 N–H and O–H groups in total. The number of methoxy groups -OCH3 is 1. The summed E-state index contributed by atoms with van der Waals surface area (Å²) in [7, 11) is 1.58. The van der Waals surface area contributed by atoms with Crippen molar-refractivity contribution in [2.24, 2.45) is 0 Å². The zero-order chi connectivity index (χ0) is 14.7. The summed E-state index contributed by atoms with van der Waals surface area (Å²) in [5.74, 6) is 1.69. The second-order valence-corrected chi connectivity index (χ2v) is 4.84. The number of hydrogen-bond acceptors (Lipinski definition) is 5. The van der Waals surface area contributed by atoms with E-state index in [9.17, 15) is 5.11 Å². The highest BCUT2D eigenvalue weighted by molar-refractivity contribution is 5.39. The molecule has 1 aromatic heterocycles. The van der Waals surface area contributed by atoms with Gasteiger partial charge in [-0.1, -0.05) is 11.2 Å². The summed E-state index contributed by atoms with van der Waals surface area (Å²) in [5.41, 5.74) is 2.78. The highest BCUT2D eigenvalue weighted by Gasteiger charge is 2.16.